The van der Waals surface area contributed by atoms with E-state index in [2.05, 4.69) is 5.32 Å². The van der Waals surface area contributed by atoms with Gasteiger partial charge >= 0.3 is 0 Å². The molecule has 0 saturated heterocycles. The van der Waals surface area contributed by atoms with E-state index in [4.69, 9.17) is 21.1 Å². The van der Waals surface area contributed by atoms with E-state index in [0.717, 1.165) is 23.3 Å². The number of nitrogens with one attached hydrogen (secondary N) is 1. The van der Waals surface area contributed by atoms with E-state index in [1.807, 2.05) is 44.2 Å². The first-order chi connectivity index (χ1) is 14.9. The number of aryl methyl sites for hydroxylation is 1. The molecule has 0 radical (unpaired) electrons. The van der Waals surface area contributed by atoms with Crippen molar-refractivity contribution in [1.29, 1.82) is 0 Å². The fourth-order valence-electron chi connectivity index (χ4n) is 3.33. The first kappa shape index (κ1) is 22.9. The monoisotopic (exact) mass is 444 g/mol. The normalized spacial score (nSPS) is 14.1. The van der Waals surface area contributed by atoms with Crippen molar-refractivity contribution < 1.29 is 19.1 Å². The van der Waals surface area contributed by atoms with Crippen molar-refractivity contribution in [2.45, 2.75) is 58.7 Å². The first-order valence-corrected chi connectivity index (χ1v) is 11.0. The maximum absolute atomic E-state index is 13.2. The van der Waals surface area contributed by atoms with Gasteiger partial charge in [0, 0.05) is 24.0 Å². The molecule has 0 fully saturated rings. The Morgan fingerprint density at radius 3 is 2.45 bits per heavy atom. The summed E-state index contributed by atoms with van der Waals surface area (Å²) < 4.78 is 10.8. The molecule has 1 aliphatic heterocycles. The van der Waals surface area contributed by atoms with Crippen LogP contribution in [0.5, 0.6) is 11.5 Å². The molecule has 0 bridgehead atoms. The van der Waals surface area contributed by atoms with Crippen LogP contribution in [0.15, 0.2) is 42.5 Å². The SMILES string of the molecule is CC[C@@H](C)NC(=O)[C@H](C)N(Cc1ccc(Cl)cc1)C(=O)CCc1ccc2c(c1)OCO2. The molecule has 166 valence electrons. The first-order valence-electron chi connectivity index (χ1n) is 10.6. The Bertz CT molecular complexity index is 916. The lowest BCUT2D eigenvalue weighted by Gasteiger charge is -2.30. The van der Waals surface area contributed by atoms with Gasteiger partial charge < -0.3 is 19.7 Å². The Kier molecular flexibility index (Phi) is 7.80. The Morgan fingerprint density at radius 1 is 1.06 bits per heavy atom. The van der Waals surface area contributed by atoms with Gasteiger partial charge in [0.05, 0.1) is 0 Å². The molecule has 31 heavy (non-hydrogen) atoms. The van der Waals surface area contributed by atoms with Gasteiger partial charge in [0.2, 0.25) is 18.6 Å². The number of fused-ring (bicyclic) bond motifs is 1. The molecular weight excluding hydrogens is 416 g/mol. The average Bonchev–Trinajstić information content (AvgIpc) is 3.24. The molecule has 2 amide bonds. The van der Waals surface area contributed by atoms with Gasteiger partial charge in [0.15, 0.2) is 11.5 Å². The van der Waals surface area contributed by atoms with Crippen LogP contribution in [0.3, 0.4) is 0 Å². The molecule has 6 nitrogen and oxygen atoms in total. The molecule has 0 spiro atoms. The van der Waals surface area contributed by atoms with Gasteiger partial charge in [-0.05, 0) is 62.1 Å². The summed E-state index contributed by atoms with van der Waals surface area (Å²) in [5.74, 6) is 1.18. The molecule has 0 saturated carbocycles. The number of hydrogen-bond acceptors (Lipinski definition) is 4. The number of carbonyl (C=O) groups excluding carboxylic acids is 2. The van der Waals surface area contributed by atoms with Crippen molar-refractivity contribution in [2.24, 2.45) is 0 Å². The van der Waals surface area contributed by atoms with Crippen molar-refractivity contribution in [3.63, 3.8) is 0 Å². The molecule has 1 aliphatic rings. The van der Waals surface area contributed by atoms with E-state index in [1.165, 1.54) is 0 Å². The lowest BCUT2D eigenvalue weighted by atomic mass is 10.1. The molecule has 0 aromatic heterocycles. The summed E-state index contributed by atoms with van der Waals surface area (Å²) in [4.78, 5) is 27.6. The van der Waals surface area contributed by atoms with E-state index in [-0.39, 0.29) is 31.1 Å². The largest absolute Gasteiger partial charge is 0.454 e. The summed E-state index contributed by atoms with van der Waals surface area (Å²) >= 11 is 5.99. The van der Waals surface area contributed by atoms with Crippen LogP contribution in [0, 0.1) is 0 Å². The van der Waals surface area contributed by atoms with E-state index in [9.17, 15) is 9.59 Å². The molecule has 3 rings (SSSR count). The second-order valence-corrected chi connectivity index (χ2v) is 8.27. The van der Waals surface area contributed by atoms with Gasteiger partial charge in [-0.1, -0.05) is 36.7 Å². The number of halogens is 1. The molecule has 2 atom stereocenters. The average molecular weight is 445 g/mol. The molecular formula is C24H29ClN2O4. The molecule has 2 aromatic carbocycles. The van der Waals surface area contributed by atoms with E-state index in [0.29, 0.717) is 23.7 Å². The predicted octanol–water partition coefficient (Wildman–Crippen LogP) is 4.33. The van der Waals surface area contributed by atoms with Crippen LogP contribution in [0.25, 0.3) is 0 Å². The van der Waals surface area contributed by atoms with Crippen LogP contribution in [0.4, 0.5) is 0 Å². The number of amides is 2. The highest BCUT2D eigenvalue weighted by molar-refractivity contribution is 6.30. The minimum Gasteiger partial charge on any atom is -0.454 e. The Balaban J connectivity index is 1.71. The molecule has 0 unspecified atom stereocenters. The topological polar surface area (TPSA) is 67.9 Å². The van der Waals surface area contributed by atoms with Gasteiger partial charge in [0.25, 0.3) is 0 Å². The highest BCUT2D eigenvalue weighted by Gasteiger charge is 2.26. The van der Waals surface area contributed by atoms with Gasteiger partial charge in [-0.2, -0.15) is 0 Å². The van der Waals surface area contributed by atoms with Gasteiger partial charge in [0.1, 0.15) is 6.04 Å². The predicted molar refractivity (Wildman–Crippen MR) is 120 cm³/mol. The lowest BCUT2D eigenvalue weighted by molar-refractivity contribution is -0.140. The third-order valence-electron chi connectivity index (χ3n) is 5.50. The Hall–Kier alpha value is -2.73. The molecule has 2 aromatic rings. The van der Waals surface area contributed by atoms with E-state index >= 15 is 0 Å². The molecule has 1 N–H and O–H groups in total. The van der Waals surface area contributed by atoms with E-state index < -0.39 is 6.04 Å². The Labute approximate surface area is 188 Å². The maximum atomic E-state index is 13.2. The van der Waals surface area contributed by atoms with Crippen LogP contribution < -0.4 is 14.8 Å². The summed E-state index contributed by atoms with van der Waals surface area (Å²) in [5.41, 5.74) is 1.91. The second-order valence-electron chi connectivity index (χ2n) is 7.83. The summed E-state index contributed by atoms with van der Waals surface area (Å²) in [7, 11) is 0. The van der Waals surface area contributed by atoms with Gasteiger partial charge in [-0.25, -0.2) is 0 Å². The lowest BCUT2D eigenvalue weighted by Crippen LogP contribution is -2.49. The van der Waals surface area contributed by atoms with Crippen molar-refractivity contribution in [3.8, 4) is 11.5 Å². The molecule has 1 heterocycles. The minimum absolute atomic E-state index is 0.0519. The minimum atomic E-state index is -0.589. The number of carbonyl (C=O) groups is 2. The summed E-state index contributed by atoms with van der Waals surface area (Å²) in [5, 5.41) is 3.61. The molecule has 7 heteroatoms. The van der Waals surface area contributed by atoms with Crippen molar-refractivity contribution in [1.82, 2.24) is 10.2 Å². The van der Waals surface area contributed by atoms with Gasteiger partial charge in [-0.3, -0.25) is 9.59 Å². The summed E-state index contributed by atoms with van der Waals surface area (Å²) in [6, 6.07) is 12.5. The van der Waals surface area contributed by atoms with Crippen LogP contribution in [-0.2, 0) is 22.6 Å². The van der Waals surface area contributed by atoms with E-state index in [1.54, 1.807) is 24.0 Å². The number of ether oxygens (including phenoxy) is 2. The van der Waals surface area contributed by atoms with Crippen LogP contribution in [0.1, 0.15) is 44.7 Å². The van der Waals surface area contributed by atoms with Crippen LogP contribution in [-0.4, -0.2) is 35.6 Å². The quantitative estimate of drug-likeness (QED) is 0.625. The molecule has 0 aliphatic carbocycles. The van der Waals surface area contributed by atoms with Crippen LogP contribution >= 0.6 is 11.6 Å². The smallest absolute Gasteiger partial charge is 0.242 e. The number of hydrogen-bond donors (Lipinski definition) is 1. The maximum Gasteiger partial charge on any atom is 0.242 e. The number of nitrogens with zero attached hydrogens (tertiary/aromatic N) is 1. The second kappa shape index (κ2) is 10.5. The van der Waals surface area contributed by atoms with Crippen LogP contribution in [0.2, 0.25) is 5.02 Å². The Morgan fingerprint density at radius 2 is 1.74 bits per heavy atom. The summed E-state index contributed by atoms with van der Waals surface area (Å²) in [6.07, 6.45) is 1.66. The third kappa shape index (κ3) is 6.14. The fourth-order valence-corrected chi connectivity index (χ4v) is 3.45. The van der Waals surface area contributed by atoms with Crippen molar-refractivity contribution in [3.05, 3.63) is 58.6 Å². The zero-order chi connectivity index (χ0) is 22.4. The number of rotatable bonds is 9. The zero-order valence-electron chi connectivity index (χ0n) is 18.2. The number of benzene rings is 2. The van der Waals surface area contributed by atoms with Gasteiger partial charge in [-0.15, -0.1) is 0 Å². The highest BCUT2D eigenvalue weighted by Crippen LogP contribution is 2.32. The van der Waals surface area contributed by atoms with Crippen molar-refractivity contribution >= 4 is 23.4 Å². The third-order valence-corrected chi connectivity index (χ3v) is 5.75. The highest BCUT2D eigenvalue weighted by atomic mass is 35.5. The zero-order valence-corrected chi connectivity index (χ0v) is 18.9. The fraction of sp³-hybridized carbons (Fsp3) is 0.417. The van der Waals surface area contributed by atoms with Crippen molar-refractivity contribution in [2.75, 3.05) is 6.79 Å². The standard InChI is InChI=1S/C24H29ClN2O4/c1-4-16(2)26-24(29)17(3)27(14-19-5-9-20(25)10-6-19)23(28)12-8-18-7-11-21-22(13-18)31-15-30-21/h5-7,9-11,13,16-17H,4,8,12,14-15H2,1-3H3,(H,26,29)/t16-,17+/m1/s1. The summed E-state index contributed by atoms with van der Waals surface area (Å²) in [6.45, 7) is 6.29.